The standard InChI is InChI=1S/C24H30N2O2.ClH/c1-26(15-12-20(13-16-26)19-6-3-2-4-7-19)14-5-17-28-22-10-8-21-9-11-24(27)25-23(21)18-22;/h2-4,6-8,10,18,20H,5,9,11-17H2,1H3;1H. The molecule has 1 saturated heterocycles. The highest BCUT2D eigenvalue weighted by Gasteiger charge is 2.30. The van der Waals surface area contributed by atoms with Gasteiger partial charge < -0.3 is 26.9 Å². The molecule has 2 aromatic carbocycles. The number of benzene rings is 2. The number of amides is 1. The first-order valence-corrected chi connectivity index (χ1v) is 10.6. The normalized spacial score (nSPS) is 23.5. The van der Waals surface area contributed by atoms with Gasteiger partial charge in [-0.05, 0) is 29.5 Å². The molecule has 0 radical (unpaired) electrons. The Hall–Kier alpha value is -2.04. The van der Waals surface area contributed by atoms with Crippen molar-refractivity contribution in [3.8, 4) is 5.75 Å². The average Bonchev–Trinajstić information content (AvgIpc) is 2.72. The van der Waals surface area contributed by atoms with E-state index in [2.05, 4.69) is 48.8 Å². The van der Waals surface area contributed by atoms with Crippen molar-refractivity contribution in [3.63, 3.8) is 0 Å². The van der Waals surface area contributed by atoms with E-state index in [1.54, 1.807) is 0 Å². The zero-order valence-electron chi connectivity index (χ0n) is 17.2. The third-order valence-corrected chi connectivity index (χ3v) is 6.39. The second-order valence-corrected chi connectivity index (χ2v) is 8.54. The lowest BCUT2D eigenvalue weighted by molar-refractivity contribution is -0.914. The summed E-state index contributed by atoms with van der Waals surface area (Å²) in [6, 6.07) is 17.0. The average molecular weight is 415 g/mol. The number of halogens is 1. The van der Waals surface area contributed by atoms with Crippen LogP contribution in [0.3, 0.4) is 0 Å². The summed E-state index contributed by atoms with van der Waals surface area (Å²) >= 11 is 0. The number of quaternary nitrogens is 1. The lowest BCUT2D eigenvalue weighted by Crippen LogP contribution is -3.00. The molecule has 0 unspecified atom stereocenters. The molecule has 2 heterocycles. The first kappa shape index (κ1) is 21.7. The lowest BCUT2D eigenvalue weighted by atomic mass is 9.88. The SMILES string of the molecule is C[N+]1(CCCOc2ccc3c(c2)NC(=O)CC3)CCC(c2ccccc2)CC1.[Cl-]. The van der Waals surface area contributed by atoms with Crippen LogP contribution in [0.2, 0.25) is 0 Å². The fourth-order valence-electron chi connectivity index (χ4n) is 4.55. The summed E-state index contributed by atoms with van der Waals surface area (Å²) in [5.41, 5.74) is 3.61. The largest absolute Gasteiger partial charge is 1.00 e. The van der Waals surface area contributed by atoms with Crippen LogP contribution in [0.5, 0.6) is 5.75 Å². The van der Waals surface area contributed by atoms with Crippen molar-refractivity contribution in [2.24, 2.45) is 0 Å². The maximum Gasteiger partial charge on any atom is 0.224 e. The van der Waals surface area contributed by atoms with Crippen LogP contribution in [0, 0.1) is 0 Å². The van der Waals surface area contributed by atoms with Crippen molar-refractivity contribution in [2.75, 3.05) is 38.6 Å². The van der Waals surface area contributed by atoms with Crippen molar-refractivity contribution < 1.29 is 26.4 Å². The molecule has 0 aromatic heterocycles. The first-order chi connectivity index (χ1) is 13.6. The van der Waals surface area contributed by atoms with Gasteiger partial charge in [-0.2, -0.15) is 0 Å². The smallest absolute Gasteiger partial charge is 0.224 e. The van der Waals surface area contributed by atoms with Crippen LogP contribution in [0.4, 0.5) is 5.69 Å². The van der Waals surface area contributed by atoms with Crippen LogP contribution < -0.4 is 22.5 Å². The van der Waals surface area contributed by atoms with Gasteiger partial charge in [-0.15, -0.1) is 0 Å². The van der Waals surface area contributed by atoms with Gasteiger partial charge >= 0.3 is 0 Å². The third-order valence-electron chi connectivity index (χ3n) is 6.39. The molecule has 1 fully saturated rings. The molecular weight excluding hydrogens is 384 g/mol. The summed E-state index contributed by atoms with van der Waals surface area (Å²) in [5, 5.41) is 2.94. The highest BCUT2D eigenvalue weighted by Crippen LogP contribution is 2.31. The number of nitrogens with one attached hydrogen (secondary N) is 1. The Morgan fingerprint density at radius 3 is 2.59 bits per heavy atom. The zero-order valence-corrected chi connectivity index (χ0v) is 18.0. The summed E-state index contributed by atoms with van der Waals surface area (Å²) < 4.78 is 7.12. The van der Waals surface area contributed by atoms with Crippen molar-refractivity contribution >= 4 is 11.6 Å². The van der Waals surface area contributed by atoms with Gasteiger partial charge in [0.2, 0.25) is 5.91 Å². The second-order valence-electron chi connectivity index (χ2n) is 8.54. The van der Waals surface area contributed by atoms with E-state index in [1.807, 2.05) is 12.1 Å². The van der Waals surface area contributed by atoms with E-state index < -0.39 is 0 Å². The predicted octanol–water partition coefficient (Wildman–Crippen LogP) is 1.37. The molecule has 0 aliphatic carbocycles. The van der Waals surface area contributed by atoms with Crippen molar-refractivity contribution in [3.05, 3.63) is 59.7 Å². The number of hydrogen-bond donors (Lipinski definition) is 1. The number of carbonyl (C=O) groups is 1. The quantitative estimate of drug-likeness (QED) is 0.572. The van der Waals surface area contributed by atoms with E-state index in [0.717, 1.165) is 41.9 Å². The number of ether oxygens (including phenoxy) is 1. The molecule has 4 rings (SSSR count). The molecule has 2 aromatic rings. The minimum absolute atomic E-state index is 0. The molecule has 0 bridgehead atoms. The molecular formula is C24H31ClN2O2. The van der Waals surface area contributed by atoms with Crippen molar-refractivity contribution in [2.45, 2.75) is 38.0 Å². The Morgan fingerprint density at radius 1 is 1.07 bits per heavy atom. The minimum atomic E-state index is 0. The monoisotopic (exact) mass is 414 g/mol. The number of piperidine rings is 1. The number of likely N-dealkylation sites (tertiary alicyclic amines) is 1. The van der Waals surface area contributed by atoms with E-state index in [0.29, 0.717) is 12.3 Å². The molecule has 29 heavy (non-hydrogen) atoms. The fraction of sp³-hybridized carbons (Fsp3) is 0.458. The summed E-state index contributed by atoms with van der Waals surface area (Å²) in [4.78, 5) is 11.6. The van der Waals surface area contributed by atoms with Gasteiger partial charge in [-0.1, -0.05) is 36.4 Å². The number of fused-ring (bicyclic) bond motifs is 1. The highest BCUT2D eigenvalue weighted by atomic mass is 35.5. The number of anilines is 1. The van der Waals surface area contributed by atoms with Crippen molar-refractivity contribution in [1.29, 1.82) is 0 Å². The highest BCUT2D eigenvalue weighted by molar-refractivity contribution is 5.94. The van der Waals surface area contributed by atoms with Crippen LogP contribution in [0.15, 0.2) is 48.5 Å². The minimum Gasteiger partial charge on any atom is -1.00 e. The van der Waals surface area contributed by atoms with Crippen LogP contribution in [0.25, 0.3) is 0 Å². The third kappa shape index (κ3) is 5.52. The zero-order chi connectivity index (χ0) is 19.4. The van der Waals surface area contributed by atoms with Gasteiger partial charge in [0.15, 0.2) is 0 Å². The molecule has 2 aliphatic rings. The Morgan fingerprint density at radius 2 is 1.83 bits per heavy atom. The van der Waals surface area contributed by atoms with Gasteiger partial charge in [0, 0.05) is 37.4 Å². The van der Waals surface area contributed by atoms with E-state index >= 15 is 0 Å². The van der Waals surface area contributed by atoms with E-state index in [4.69, 9.17) is 4.74 Å². The Bertz CT molecular complexity index is 817. The Labute approximate surface area is 180 Å². The molecule has 156 valence electrons. The predicted molar refractivity (Wildman–Crippen MR) is 113 cm³/mol. The van der Waals surface area contributed by atoms with Gasteiger partial charge in [0.1, 0.15) is 5.75 Å². The summed E-state index contributed by atoms with van der Waals surface area (Å²) in [7, 11) is 2.38. The van der Waals surface area contributed by atoms with Crippen LogP contribution in [-0.2, 0) is 11.2 Å². The van der Waals surface area contributed by atoms with Crippen LogP contribution >= 0.6 is 0 Å². The molecule has 1 N–H and O–H groups in total. The number of nitrogens with zero attached hydrogens (tertiary/aromatic N) is 1. The van der Waals surface area contributed by atoms with Crippen molar-refractivity contribution in [1.82, 2.24) is 0 Å². The van der Waals surface area contributed by atoms with E-state index in [-0.39, 0.29) is 18.3 Å². The maximum absolute atomic E-state index is 11.6. The number of rotatable bonds is 6. The van der Waals surface area contributed by atoms with Gasteiger partial charge in [-0.3, -0.25) is 4.79 Å². The molecule has 2 aliphatic heterocycles. The van der Waals surface area contributed by atoms with Gasteiger partial charge in [0.25, 0.3) is 0 Å². The first-order valence-electron chi connectivity index (χ1n) is 10.6. The number of hydrogen-bond acceptors (Lipinski definition) is 2. The van der Waals surface area contributed by atoms with Gasteiger partial charge in [0.05, 0.1) is 33.3 Å². The van der Waals surface area contributed by atoms with E-state index in [9.17, 15) is 4.79 Å². The Balaban J connectivity index is 0.00000240. The topological polar surface area (TPSA) is 38.3 Å². The number of aryl methyl sites for hydroxylation is 1. The molecule has 0 spiro atoms. The molecule has 5 heteroatoms. The molecule has 4 nitrogen and oxygen atoms in total. The lowest BCUT2D eigenvalue weighted by Gasteiger charge is -2.40. The van der Waals surface area contributed by atoms with Gasteiger partial charge in [-0.25, -0.2) is 0 Å². The number of carbonyl (C=O) groups excluding carboxylic acids is 1. The van der Waals surface area contributed by atoms with E-state index in [1.165, 1.54) is 37.1 Å². The summed E-state index contributed by atoms with van der Waals surface area (Å²) in [6.45, 7) is 4.36. The summed E-state index contributed by atoms with van der Waals surface area (Å²) in [6.07, 6.45) is 4.99. The Kier molecular flexibility index (Phi) is 7.20. The molecule has 0 saturated carbocycles. The fourth-order valence-corrected chi connectivity index (χ4v) is 4.55. The van der Waals surface area contributed by atoms with Crippen LogP contribution in [-0.4, -0.2) is 43.7 Å². The molecule has 1 amide bonds. The molecule has 0 atom stereocenters. The van der Waals surface area contributed by atoms with Crippen LogP contribution in [0.1, 0.15) is 42.7 Å². The maximum atomic E-state index is 11.6. The second kappa shape index (κ2) is 9.64. The summed E-state index contributed by atoms with van der Waals surface area (Å²) in [5.74, 6) is 1.67.